The van der Waals surface area contributed by atoms with Crippen LogP contribution in [-0.4, -0.2) is 34.2 Å². The van der Waals surface area contributed by atoms with Gasteiger partial charge in [0.05, 0.1) is 17.5 Å². The Morgan fingerprint density at radius 1 is 1.35 bits per heavy atom. The molecule has 2 N–H and O–H groups in total. The lowest BCUT2D eigenvalue weighted by atomic mass is 10.1. The van der Waals surface area contributed by atoms with Crippen molar-refractivity contribution >= 4 is 22.6 Å². The van der Waals surface area contributed by atoms with Gasteiger partial charge < -0.3 is 10.1 Å². The van der Waals surface area contributed by atoms with Crippen LogP contribution < -0.4 is 10.9 Å². The summed E-state index contributed by atoms with van der Waals surface area (Å²) >= 11 is 0. The van der Waals surface area contributed by atoms with Crippen LogP contribution in [0.1, 0.15) is 25.5 Å². The number of rotatable bonds is 5. The number of nitrogens with one attached hydrogen (secondary N) is 2. The first-order valence-corrected chi connectivity index (χ1v) is 7.51. The Kier molecular flexibility index (Phi) is 4.10. The van der Waals surface area contributed by atoms with Crippen LogP contribution in [0.4, 0.5) is 0 Å². The number of aromatic nitrogens is 2. The molecule has 1 heterocycles. The molecule has 1 aromatic carbocycles. The molecule has 120 valence electrons. The molecule has 1 amide bonds. The van der Waals surface area contributed by atoms with Gasteiger partial charge in [0.15, 0.2) is 6.10 Å². The van der Waals surface area contributed by atoms with Gasteiger partial charge in [-0.1, -0.05) is 18.2 Å². The van der Waals surface area contributed by atoms with Crippen LogP contribution in [0.5, 0.6) is 0 Å². The van der Waals surface area contributed by atoms with Crippen molar-refractivity contribution in [3.63, 3.8) is 0 Å². The van der Waals surface area contributed by atoms with E-state index in [1.807, 2.05) is 0 Å². The number of aromatic amines is 1. The maximum atomic E-state index is 12.0. The normalized spacial score (nSPS) is 15.2. The largest absolute Gasteiger partial charge is 0.452 e. The highest BCUT2D eigenvalue weighted by Gasteiger charge is 2.27. The number of carbonyl (C=O) groups excluding carboxylic acids is 2. The summed E-state index contributed by atoms with van der Waals surface area (Å²) in [4.78, 5) is 35.5. The van der Waals surface area contributed by atoms with Crippen molar-refractivity contribution in [3.8, 4) is 0 Å². The molecule has 1 atom stereocenters. The van der Waals surface area contributed by atoms with Crippen molar-refractivity contribution < 1.29 is 14.3 Å². The molecule has 1 aromatic heterocycles. The van der Waals surface area contributed by atoms with E-state index in [0.717, 1.165) is 12.8 Å². The minimum Gasteiger partial charge on any atom is -0.452 e. The van der Waals surface area contributed by atoms with Gasteiger partial charge in [0.1, 0.15) is 0 Å². The lowest BCUT2D eigenvalue weighted by Crippen LogP contribution is -2.37. The summed E-state index contributed by atoms with van der Waals surface area (Å²) in [7, 11) is 0. The molecule has 1 fully saturated rings. The zero-order chi connectivity index (χ0) is 16.4. The van der Waals surface area contributed by atoms with Gasteiger partial charge in [-0.05, 0) is 25.8 Å². The summed E-state index contributed by atoms with van der Waals surface area (Å²) in [6, 6.07) is 7.11. The van der Waals surface area contributed by atoms with Crippen LogP contribution in [0.3, 0.4) is 0 Å². The molecule has 1 saturated carbocycles. The fourth-order valence-electron chi connectivity index (χ4n) is 2.28. The summed E-state index contributed by atoms with van der Waals surface area (Å²) in [5, 5.41) is 10.1. The molecule has 23 heavy (non-hydrogen) atoms. The second-order valence-corrected chi connectivity index (χ2v) is 5.64. The molecule has 2 aromatic rings. The molecule has 7 nitrogen and oxygen atoms in total. The van der Waals surface area contributed by atoms with Crippen molar-refractivity contribution in [3.05, 3.63) is 40.3 Å². The number of ether oxygens (including phenoxy) is 1. The number of H-pyrrole nitrogens is 1. The minimum absolute atomic E-state index is 0.113. The van der Waals surface area contributed by atoms with Crippen LogP contribution in [0.25, 0.3) is 10.8 Å². The van der Waals surface area contributed by atoms with Gasteiger partial charge in [-0.2, -0.15) is 5.10 Å². The summed E-state index contributed by atoms with van der Waals surface area (Å²) in [6.45, 7) is 1.54. The average molecular weight is 315 g/mol. The molecule has 0 aliphatic heterocycles. The molecule has 0 radical (unpaired) electrons. The number of nitrogens with zero attached hydrogens (tertiary/aromatic N) is 1. The zero-order valence-corrected chi connectivity index (χ0v) is 12.7. The van der Waals surface area contributed by atoms with Gasteiger partial charge in [-0.3, -0.25) is 14.4 Å². The molecule has 0 unspecified atom stereocenters. The minimum atomic E-state index is -0.850. The first-order chi connectivity index (χ1) is 11.0. The Balaban J connectivity index is 1.69. The average Bonchev–Trinajstić information content (AvgIpc) is 3.34. The second kappa shape index (κ2) is 6.20. The maximum absolute atomic E-state index is 12.0. The number of hydrogen-bond donors (Lipinski definition) is 2. The Bertz CT molecular complexity index is 810. The third-order valence-electron chi connectivity index (χ3n) is 3.69. The summed E-state index contributed by atoms with van der Waals surface area (Å²) in [5.74, 6) is -0.853. The van der Waals surface area contributed by atoms with Crippen molar-refractivity contribution in [2.24, 2.45) is 0 Å². The smallest absolute Gasteiger partial charge is 0.312 e. The molecular formula is C16H17N3O4. The number of amides is 1. The maximum Gasteiger partial charge on any atom is 0.312 e. The van der Waals surface area contributed by atoms with Crippen LogP contribution in [-0.2, 0) is 20.7 Å². The number of esters is 1. The van der Waals surface area contributed by atoms with Crippen molar-refractivity contribution in [1.82, 2.24) is 15.5 Å². The quantitative estimate of drug-likeness (QED) is 0.790. The number of carbonyl (C=O) groups is 2. The van der Waals surface area contributed by atoms with Gasteiger partial charge in [-0.15, -0.1) is 0 Å². The van der Waals surface area contributed by atoms with Crippen molar-refractivity contribution in [2.75, 3.05) is 0 Å². The zero-order valence-electron chi connectivity index (χ0n) is 12.7. The van der Waals surface area contributed by atoms with Gasteiger partial charge in [0, 0.05) is 11.4 Å². The van der Waals surface area contributed by atoms with Crippen LogP contribution >= 0.6 is 0 Å². The molecule has 7 heteroatoms. The Morgan fingerprint density at radius 2 is 2.04 bits per heavy atom. The van der Waals surface area contributed by atoms with E-state index in [1.165, 1.54) is 6.92 Å². The van der Waals surface area contributed by atoms with Crippen LogP contribution in [0.15, 0.2) is 29.1 Å². The van der Waals surface area contributed by atoms with E-state index >= 15 is 0 Å². The van der Waals surface area contributed by atoms with Gasteiger partial charge in [0.2, 0.25) is 0 Å². The van der Waals surface area contributed by atoms with E-state index in [2.05, 4.69) is 15.5 Å². The lowest BCUT2D eigenvalue weighted by molar-refractivity contribution is -0.154. The first-order valence-electron chi connectivity index (χ1n) is 7.51. The van der Waals surface area contributed by atoms with E-state index in [9.17, 15) is 14.4 Å². The van der Waals surface area contributed by atoms with Crippen LogP contribution in [0.2, 0.25) is 0 Å². The topological polar surface area (TPSA) is 101 Å². The molecule has 0 saturated heterocycles. The molecular weight excluding hydrogens is 298 g/mol. The number of fused-ring (bicyclic) bond motifs is 1. The van der Waals surface area contributed by atoms with Gasteiger partial charge in [0.25, 0.3) is 11.5 Å². The highest BCUT2D eigenvalue weighted by Crippen LogP contribution is 2.19. The van der Waals surface area contributed by atoms with E-state index in [1.54, 1.807) is 24.3 Å². The summed E-state index contributed by atoms with van der Waals surface area (Å²) in [6.07, 6.45) is 0.981. The molecule has 1 aliphatic rings. The Hall–Kier alpha value is -2.70. The molecule has 0 bridgehead atoms. The monoisotopic (exact) mass is 315 g/mol. The predicted octanol–water partition coefficient (Wildman–Crippen LogP) is 0.676. The summed E-state index contributed by atoms with van der Waals surface area (Å²) in [5.41, 5.74) is 0.106. The van der Waals surface area contributed by atoms with E-state index in [0.29, 0.717) is 16.5 Å². The highest BCUT2D eigenvalue weighted by molar-refractivity contribution is 5.88. The fourth-order valence-corrected chi connectivity index (χ4v) is 2.28. The van der Waals surface area contributed by atoms with Crippen molar-refractivity contribution in [2.45, 2.75) is 38.3 Å². The number of benzene rings is 1. The first kappa shape index (κ1) is 15.2. The van der Waals surface area contributed by atoms with E-state index in [-0.39, 0.29) is 23.9 Å². The lowest BCUT2D eigenvalue weighted by Gasteiger charge is -2.13. The van der Waals surface area contributed by atoms with E-state index in [4.69, 9.17) is 4.74 Å². The fraction of sp³-hybridized carbons (Fsp3) is 0.375. The van der Waals surface area contributed by atoms with Gasteiger partial charge in [-0.25, -0.2) is 5.10 Å². The summed E-state index contributed by atoms with van der Waals surface area (Å²) < 4.78 is 5.14. The predicted molar refractivity (Wildman–Crippen MR) is 82.8 cm³/mol. The van der Waals surface area contributed by atoms with E-state index < -0.39 is 12.1 Å². The van der Waals surface area contributed by atoms with Crippen LogP contribution in [0, 0.1) is 0 Å². The molecule has 1 aliphatic carbocycles. The van der Waals surface area contributed by atoms with Gasteiger partial charge >= 0.3 is 5.97 Å². The SMILES string of the molecule is C[C@@H](OC(=O)Cc1n[nH]c(=O)c2ccccc12)C(=O)NC1CC1. The standard InChI is InChI=1S/C16H17N3O4/c1-9(15(21)17-10-6-7-10)23-14(20)8-13-11-4-2-3-5-12(11)16(22)19-18-13/h2-5,9-10H,6-8H2,1H3,(H,17,21)(H,19,22)/t9-/m1/s1. The Morgan fingerprint density at radius 3 is 2.74 bits per heavy atom. The second-order valence-electron chi connectivity index (χ2n) is 5.64. The number of hydrogen-bond acceptors (Lipinski definition) is 5. The third kappa shape index (κ3) is 3.56. The Labute approximate surface area is 132 Å². The molecule has 3 rings (SSSR count). The highest BCUT2D eigenvalue weighted by atomic mass is 16.5. The third-order valence-corrected chi connectivity index (χ3v) is 3.69. The van der Waals surface area contributed by atoms with Crippen molar-refractivity contribution in [1.29, 1.82) is 0 Å². The molecule has 0 spiro atoms.